The van der Waals surface area contributed by atoms with Crippen molar-refractivity contribution in [2.45, 2.75) is 19.3 Å². The summed E-state index contributed by atoms with van der Waals surface area (Å²) in [5.74, 6) is 3.90. The van der Waals surface area contributed by atoms with Crippen molar-refractivity contribution in [1.82, 2.24) is 0 Å². The van der Waals surface area contributed by atoms with Crippen molar-refractivity contribution in [3.8, 4) is 0 Å². The van der Waals surface area contributed by atoms with Gasteiger partial charge in [0, 0.05) is 5.75 Å². The summed E-state index contributed by atoms with van der Waals surface area (Å²) in [6, 6.07) is 0. The lowest BCUT2D eigenvalue weighted by Gasteiger charge is -2.18. The first-order chi connectivity index (χ1) is 5.97. The van der Waals surface area contributed by atoms with Crippen LogP contribution in [0.5, 0.6) is 0 Å². The Bertz CT molecular complexity index is 192. The maximum absolute atomic E-state index is 2.44. The summed E-state index contributed by atoms with van der Waals surface area (Å²) in [6.07, 6.45) is 6.41. The Morgan fingerprint density at radius 2 is 2.17 bits per heavy atom. The maximum atomic E-state index is 2.44. The fraction of sp³-hybridized carbons (Fsp3) is 0.600. The number of rotatable bonds is 1. The molecule has 0 fully saturated rings. The van der Waals surface area contributed by atoms with Gasteiger partial charge in [0.2, 0.25) is 0 Å². The van der Waals surface area contributed by atoms with Crippen LogP contribution >= 0.6 is 23.5 Å². The highest BCUT2D eigenvalue weighted by atomic mass is 32.2. The molecule has 0 aromatic rings. The Balaban J connectivity index is 2.06. The van der Waals surface area contributed by atoms with Gasteiger partial charge in [-0.15, -0.1) is 11.8 Å². The van der Waals surface area contributed by atoms with Crippen LogP contribution < -0.4 is 0 Å². The third-order valence-corrected chi connectivity index (χ3v) is 4.27. The zero-order valence-electron chi connectivity index (χ0n) is 7.21. The number of allylic oxidation sites excluding steroid dienone is 2. The topological polar surface area (TPSA) is 0 Å². The van der Waals surface area contributed by atoms with Crippen LogP contribution in [0.4, 0.5) is 0 Å². The van der Waals surface area contributed by atoms with E-state index in [0.29, 0.717) is 0 Å². The van der Waals surface area contributed by atoms with Gasteiger partial charge in [-0.05, 0) is 47.3 Å². The standard InChI is InChI=1S/C10H14S2/c1-3-9(7-11-5-1)10-4-2-6-12-8-10/h3,8H,1-2,4-7H2. The molecular formula is C10H14S2. The molecule has 2 aliphatic heterocycles. The van der Waals surface area contributed by atoms with Crippen LogP contribution in [0.2, 0.25) is 0 Å². The second-order valence-corrected chi connectivity index (χ2v) is 5.27. The highest BCUT2D eigenvalue weighted by Crippen LogP contribution is 2.30. The first kappa shape index (κ1) is 8.76. The molecule has 0 atom stereocenters. The molecule has 2 rings (SSSR count). The van der Waals surface area contributed by atoms with Crippen molar-refractivity contribution in [2.24, 2.45) is 0 Å². The van der Waals surface area contributed by atoms with Gasteiger partial charge in [-0.2, -0.15) is 11.8 Å². The number of thioether (sulfide) groups is 2. The van der Waals surface area contributed by atoms with Gasteiger partial charge in [-0.25, -0.2) is 0 Å². The average Bonchev–Trinajstić information content (AvgIpc) is 2.21. The van der Waals surface area contributed by atoms with Gasteiger partial charge in [0.1, 0.15) is 0 Å². The van der Waals surface area contributed by atoms with Crippen molar-refractivity contribution >= 4 is 23.5 Å². The first-order valence-corrected chi connectivity index (χ1v) is 6.75. The molecule has 0 nitrogen and oxygen atoms in total. The van der Waals surface area contributed by atoms with Crippen molar-refractivity contribution in [3.63, 3.8) is 0 Å². The highest BCUT2D eigenvalue weighted by molar-refractivity contribution is 8.02. The molecule has 0 unspecified atom stereocenters. The molecular weight excluding hydrogens is 184 g/mol. The van der Waals surface area contributed by atoms with Crippen LogP contribution in [-0.4, -0.2) is 17.3 Å². The lowest BCUT2D eigenvalue weighted by molar-refractivity contribution is 0.912. The molecule has 2 aliphatic rings. The molecule has 0 amide bonds. The van der Waals surface area contributed by atoms with Crippen LogP contribution in [0, 0.1) is 0 Å². The molecule has 0 radical (unpaired) electrons. The predicted molar refractivity (Wildman–Crippen MR) is 59.8 cm³/mol. The molecule has 0 N–H and O–H groups in total. The SMILES string of the molecule is C1=C(C2=CCCSC2)CCCS1. The van der Waals surface area contributed by atoms with Crippen LogP contribution in [0.15, 0.2) is 22.6 Å². The second kappa shape index (κ2) is 4.43. The molecule has 2 heterocycles. The summed E-state index contributed by atoms with van der Waals surface area (Å²) in [5.41, 5.74) is 3.25. The fourth-order valence-electron chi connectivity index (χ4n) is 1.58. The zero-order valence-corrected chi connectivity index (χ0v) is 8.85. The molecule has 0 bridgehead atoms. The Morgan fingerprint density at radius 1 is 1.17 bits per heavy atom. The monoisotopic (exact) mass is 198 g/mol. The molecule has 2 heteroatoms. The summed E-state index contributed by atoms with van der Waals surface area (Å²) in [7, 11) is 0. The Kier molecular flexibility index (Phi) is 3.23. The smallest absolute Gasteiger partial charge is 0.0184 e. The number of hydrogen-bond donors (Lipinski definition) is 0. The Hall–Kier alpha value is 0.180. The van der Waals surface area contributed by atoms with Gasteiger partial charge in [-0.1, -0.05) is 6.08 Å². The second-order valence-electron chi connectivity index (χ2n) is 3.19. The van der Waals surface area contributed by atoms with Gasteiger partial charge in [0.05, 0.1) is 0 Å². The van der Waals surface area contributed by atoms with E-state index in [4.69, 9.17) is 0 Å². The van der Waals surface area contributed by atoms with E-state index in [-0.39, 0.29) is 0 Å². The van der Waals surface area contributed by atoms with Crippen molar-refractivity contribution in [1.29, 1.82) is 0 Å². The van der Waals surface area contributed by atoms with Crippen LogP contribution in [-0.2, 0) is 0 Å². The van der Waals surface area contributed by atoms with Gasteiger partial charge in [0.25, 0.3) is 0 Å². The van der Waals surface area contributed by atoms with E-state index in [0.717, 1.165) is 0 Å². The number of hydrogen-bond acceptors (Lipinski definition) is 2. The summed E-state index contributed by atoms with van der Waals surface area (Å²) >= 11 is 4.06. The van der Waals surface area contributed by atoms with Crippen LogP contribution in [0.3, 0.4) is 0 Å². The van der Waals surface area contributed by atoms with Gasteiger partial charge in [-0.3, -0.25) is 0 Å². The van der Waals surface area contributed by atoms with E-state index in [1.54, 1.807) is 11.1 Å². The maximum Gasteiger partial charge on any atom is 0.0184 e. The lowest BCUT2D eigenvalue weighted by atomic mass is 10.0. The molecule has 0 aromatic heterocycles. The fourth-order valence-corrected chi connectivity index (χ4v) is 3.43. The first-order valence-electron chi connectivity index (χ1n) is 4.54. The molecule has 0 saturated heterocycles. The van der Waals surface area contributed by atoms with Gasteiger partial charge < -0.3 is 0 Å². The molecule has 0 spiro atoms. The Labute approximate surface area is 82.9 Å². The molecule has 0 aromatic carbocycles. The summed E-state index contributed by atoms with van der Waals surface area (Å²) < 4.78 is 0. The van der Waals surface area contributed by atoms with Gasteiger partial charge >= 0.3 is 0 Å². The van der Waals surface area contributed by atoms with Crippen LogP contribution in [0.25, 0.3) is 0 Å². The van der Waals surface area contributed by atoms with E-state index in [1.165, 1.54) is 36.5 Å². The molecule has 66 valence electrons. The van der Waals surface area contributed by atoms with Crippen molar-refractivity contribution in [2.75, 3.05) is 17.3 Å². The summed E-state index contributed by atoms with van der Waals surface area (Å²) in [5, 5.41) is 2.38. The minimum absolute atomic E-state index is 1.26. The van der Waals surface area contributed by atoms with E-state index in [1.807, 2.05) is 11.8 Å². The van der Waals surface area contributed by atoms with Crippen molar-refractivity contribution in [3.05, 3.63) is 22.6 Å². The van der Waals surface area contributed by atoms with E-state index in [9.17, 15) is 0 Å². The predicted octanol–water partition coefficient (Wildman–Crippen LogP) is 3.46. The minimum atomic E-state index is 1.26. The van der Waals surface area contributed by atoms with Crippen LogP contribution in [0.1, 0.15) is 19.3 Å². The van der Waals surface area contributed by atoms with Gasteiger partial charge in [0.15, 0.2) is 0 Å². The summed E-state index contributed by atoms with van der Waals surface area (Å²) in [6.45, 7) is 0. The lowest BCUT2D eigenvalue weighted by Crippen LogP contribution is -2.02. The quantitative estimate of drug-likeness (QED) is 0.633. The van der Waals surface area contributed by atoms with E-state index in [2.05, 4.69) is 23.2 Å². The average molecular weight is 198 g/mol. The molecule has 0 saturated carbocycles. The highest BCUT2D eigenvalue weighted by Gasteiger charge is 2.11. The summed E-state index contributed by atoms with van der Waals surface area (Å²) in [4.78, 5) is 0. The molecule has 0 aliphatic carbocycles. The van der Waals surface area contributed by atoms with E-state index < -0.39 is 0 Å². The zero-order chi connectivity index (χ0) is 8.23. The Morgan fingerprint density at radius 3 is 2.83 bits per heavy atom. The molecule has 12 heavy (non-hydrogen) atoms. The minimum Gasteiger partial charge on any atom is -0.157 e. The third kappa shape index (κ3) is 2.11. The van der Waals surface area contributed by atoms with E-state index >= 15 is 0 Å². The van der Waals surface area contributed by atoms with Crippen molar-refractivity contribution < 1.29 is 0 Å². The normalized spacial score (nSPS) is 24.7. The third-order valence-electron chi connectivity index (χ3n) is 2.26. The largest absolute Gasteiger partial charge is 0.157 e.